The van der Waals surface area contributed by atoms with E-state index in [4.69, 9.17) is 5.73 Å². The minimum Gasteiger partial charge on any atom is -0.384 e. The molecule has 86 valence electrons. The Balaban J connectivity index is 2.23. The van der Waals surface area contributed by atoms with E-state index in [0.717, 1.165) is 0 Å². The molecule has 1 saturated heterocycles. The Kier molecular flexibility index (Phi) is 2.52. The summed E-state index contributed by atoms with van der Waals surface area (Å²) < 4.78 is 0. The molecule has 0 spiro atoms. The Morgan fingerprint density at radius 2 is 1.69 bits per heavy atom. The number of rotatable bonds is 1. The van der Waals surface area contributed by atoms with E-state index in [0.29, 0.717) is 23.4 Å². The molecule has 3 heteroatoms. The van der Waals surface area contributed by atoms with Gasteiger partial charge < -0.3 is 5.73 Å². The molecule has 0 radical (unpaired) electrons. The van der Waals surface area contributed by atoms with E-state index in [1.54, 1.807) is 0 Å². The molecule has 0 aromatic carbocycles. The van der Waals surface area contributed by atoms with Crippen molar-refractivity contribution in [2.24, 2.45) is 10.8 Å². The number of nitrogen functional groups attached to an aromatic ring is 1. The first-order chi connectivity index (χ1) is 7.32. The minimum absolute atomic E-state index is 0.402. The molecule has 2 rings (SSSR count). The summed E-state index contributed by atoms with van der Waals surface area (Å²) in [5.41, 5.74) is 7.77. The second-order valence-corrected chi connectivity index (χ2v) is 6.39. The molecule has 0 aliphatic carbocycles. The predicted molar refractivity (Wildman–Crippen MR) is 71.2 cm³/mol. The summed E-state index contributed by atoms with van der Waals surface area (Å²) in [6, 6.07) is 4.04. The SMILES string of the molecule is CC1(C)CB(c2ccc(N)nc2)CC1(C)C. The molecule has 0 amide bonds. The summed E-state index contributed by atoms with van der Waals surface area (Å²) in [7, 11) is 0. The average molecular weight is 216 g/mol. The Morgan fingerprint density at radius 3 is 2.12 bits per heavy atom. The molecule has 1 aliphatic rings. The van der Waals surface area contributed by atoms with E-state index >= 15 is 0 Å². The first-order valence-corrected chi connectivity index (χ1v) is 6.03. The lowest BCUT2D eigenvalue weighted by atomic mass is 9.42. The van der Waals surface area contributed by atoms with Gasteiger partial charge in [-0.1, -0.05) is 51.9 Å². The van der Waals surface area contributed by atoms with E-state index in [-0.39, 0.29) is 0 Å². The highest BCUT2D eigenvalue weighted by molar-refractivity contribution is 6.74. The highest BCUT2D eigenvalue weighted by Gasteiger charge is 2.48. The lowest BCUT2D eigenvalue weighted by Gasteiger charge is -2.35. The second kappa shape index (κ2) is 3.51. The van der Waals surface area contributed by atoms with Gasteiger partial charge in [0.25, 0.3) is 0 Å². The maximum atomic E-state index is 5.62. The first kappa shape index (κ1) is 11.5. The highest BCUT2D eigenvalue weighted by Crippen LogP contribution is 2.52. The van der Waals surface area contributed by atoms with Crippen LogP contribution in [0.1, 0.15) is 27.7 Å². The molecular formula is C13H21BN2. The van der Waals surface area contributed by atoms with Crippen LogP contribution in [0.4, 0.5) is 5.82 Å². The zero-order valence-electron chi connectivity index (χ0n) is 10.7. The molecule has 0 saturated carbocycles. The van der Waals surface area contributed by atoms with Crippen LogP contribution in [0.25, 0.3) is 0 Å². The largest absolute Gasteiger partial charge is 0.384 e. The average Bonchev–Trinajstić information content (AvgIpc) is 2.37. The van der Waals surface area contributed by atoms with Gasteiger partial charge in [-0.15, -0.1) is 0 Å². The fourth-order valence-electron chi connectivity index (χ4n) is 2.75. The molecule has 1 aromatic rings. The van der Waals surface area contributed by atoms with Crippen molar-refractivity contribution in [3.05, 3.63) is 18.3 Å². The van der Waals surface area contributed by atoms with Gasteiger partial charge in [0, 0.05) is 6.20 Å². The van der Waals surface area contributed by atoms with Gasteiger partial charge in [-0.2, -0.15) is 0 Å². The number of pyridine rings is 1. The van der Waals surface area contributed by atoms with Gasteiger partial charge in [-0.25, -0.2) is 4.98 Å². The van der Waals surface area contributed by atoms with Crippen molar-refractivity contribution in [2.75, 3.05) is 5.73 Å². The number of hydrogen-bond acceptors (Lipinski definition) is 2. The van der Waals surface area contributed by atoms with E-state index in [1.807, 2.05) is 12.3 Å². The lowest BCUT2D eigenvalue weighted by molar-refractivity contribution is 0.177. The summed E-state index contributed by atoms with van der Waals surface area (Å²) >= 11 is 0. The second-order valence-electron chi connectivity index (χ2n) is 6.39. The van der Waals surface area contributed by atoms with Gasteiger partial charge >= 0.3 is 0 Å². The van der Waals surface area contributed by atoms with Crippen molar-refractivity contribution in [2.45, 2.75) is 40.3 Å². The lowest BCUT2D eigenvalue weighted by Crippen LogP contribution is -2.28. The van der Waals surface area contributed by atoms with Crippen LogP contribution in [-0.4, -0.2) is 11.7 Å². The van der Waals surface area contributed by atoms with Gasteiger partial charge in [-0.3, -0.25) is 0 Å². The summed E-state index contributed by atoms with van der Waals surface area (Å²) in [4.78, 5) is 4.20. The molecule has 1 aromatic heterocycles. The van der Waals surface area contributed by atoms with Crippen LogP contribution in [0.15, 0.2) is 18.3 Å². The Labute approximate surface area is 98.7 Å². The number of nitrogens with two attached hydrogens (primary N) is 1. The van der Waals surface area contributed by atoms with Crippen molar-refractivity contribution in [3.8, 4) is 0 Å². The molecular weight excluding hydrogens is 195 g/mol. The van der Waals surface area contributed by atoms with Crippen LogP contribution in [0.5, 0.6) is 0 Å². The molecule has 0 atom stereocenters. The van der Waals surface area contributed by atoms with Gasteiger partial charge in [0.05, 0.1) is 0 Å². The molecule has 1 aliphatic heterocycles. The van der Waals surface area contributed by atoms with Crippen LogP contribution in [-0.2, 0) is 0 Å². The van der Waals surface area contributed by atoms with E-state index in [1.165, 1.54) is 18.1 Å². The molecule has 0 bridgehead atoms. The molecule has 1 fully saturated rings. The van der Waals surface area contributed by atoms with Crippen LogP contribution >= 0.6 is 0 Å². The number of anilines is 1. The maximum Gasteiger partial charge on any atom is 0.179 e. The zero-order chi connectivity index (χ0) is 12.0. The van der Waals surface area contributed by atoms with Crippen molar-refractivity contribution >= 4 is 18.0 Å². The summed E-state index contributed by atoms with van der Waals surface area (Å²) in [6.07, 6.45) is 4.43. The summed E-state index contributed by atoms with van der Waals surface area (Å²) in [5, 5.41) is 0. The van der Waals surface area contributed by atoms with Crippen molar-refractivity contribution in [3.63, 3.8) is 0 Å². The Morgan fingerprint density at radius 1 is 1.12 bits per heavy atom. The standard InChI is InChI=1S/C13H21BN2/c1-12(2)8-14(9-13(12,3)4)10-5-6-11(15)16-7-10/h5-7H,8-9H2,1-4H3,(H2,15,16). The van der Waals surface area contributed by atoms with Crippen LogP contribution in [0.3, 0.4) is 0 Å². The summed E-state index contributed by atoms with van der Waals surface area (Å²) in [6.45, 7) is 10.1. The molecule has 0 unspecified atom stereocenters. The molecule has 2 heterocycles. The van der Waals surface area contributed by atoms with Gasteiger partial charge in [0.2, 0.25) is 0 Å². The minimum atomic E-state index is 0.402. The third-order valence-corrected chi connectivity index (χ3v) is 4.63. The van der Waals surface area contributed by atoms with Gasteiger partial charge in [0.1, 0.15) is 5.82 Å². The molecule has 2 N–H and O–H groups in total. The van der Waals surface area contributed by atoms with Crippen LogP contribution in [0, 0.1) is 10.8 Å². The fraction of sp³-hybridized carbons (Fsp3) is 0.615. The first-order valence-electron chi connectivity index (χ1n) is 6.03. The quantitative estimate of drug-likeness (QED) is 0.732. The topological polar surface area (TPSA) is 38.9 Å². The van der Waals surface area contributed by atoms with E-state index < -0.39 is 0 Å². The van der Waals surface area contributed by atoms with Gasteiger partial charge in [-0.05, 0) is 16.9 Å². The van der Waals surface area contributed by atoms with E-state index in [2.05, 4.69) is 38.7 Å². The molecule has 16 heavy (non-hydrogen) atoms. The van der Waals surface area contributed by atoms with E-state index in [9.17, 15) is 0 Å². The third kappa shape index (κ3) is 1.83. The Bertz CT molecular complexity index is 365. The van der Waals surface area contributed by atoms with Crippen molar-refractivity contribution in [1.29, 1.82) is 0 Å². The van der Waals surface area contributed by atoms with Crippen LogP contribution < -0.4 is 11.2 Å². The molecule has 2 nitrogen and oxygen atoms in total. The monoisotopic (exact) mass is 216 g/mol. The number of nitrogens with zero attached hydrogens (tertiary/aromatic N) is 1. The van der Waals surface area contributed by atoms with Crippen LogP contribution in [0.2, 0.25) is 12.6 Å². The Hall–Kier alpha value is -0.985. The number of hydrogen-bond donors (Lipinski definition) is 1. The smallest absolute Gasteiger partial charge is 0.179 e. The maximum absolute atomic E-state index is 5.62. The number of aromatic nitrogens is 1. The summed E-state index contributed by atoms with van der Waals surface area (Å²) in [5.74, 6) is 0.611. The fourth-order valence-corrected chi connectivity index (χ4v) is 2.75. The zero-order valence-corrected chi connectivity index (χ0v) is 10.7. The van der Waals surface area contributed by atoms with Gasteiger partial charge in [0.15, 0.2) is 6.71 Å². The van der Waals surface area contributed by atoms with Crippen molar-refractivity contribution < 1.29 is 0 Å². The highest BCUT2D eigenvalue weighted by atomic mass is 14.8. The van der Waals surface area contributed by atoms with Crippen molar-refractivity contribution in [1.82, 2.24) is 4.98 Å². The predicted octanol–water partition coefficient (Wildman–Crippen LogP) is 2.43. The normalized spacial score (nSPS) is 22.4. The third-order valence-electron chi connectivity index (χ3n) is 4.63.